The molecule has 0 aliphatic carbocycles. The van der Waals surface area contributed by atoms with E-state index in [1.807, 2.05) is 71.9 Å². The molecule has 0 saturated carbocycles. The fraction of sp³-hybridized carbons (Fsp3) is 0.538. The highest BCUT2D eigenvalue weighted by molar-refractivity contribution is 5.97. The zero-order valence-electron chi connectivity index (χ0n) is 40.7. The van der Waals surface area contributed by atoms with E-state index in [1.165, 1.54) is 13.8 Å². The van der Waals surface area contributed by atoms with Crippen LogP contribution in [-0.4, -0.2) is 72.6 Å². The zero-order valence-corrected chi connectivity index (χ0v) is 40.7. The highest BCUT2D eigenvalue weighted by Crippen LogP contribution is 2.22. The van der Waals surface area contributed by atoms with Gasteiger partial charge in [0.2, 0.25) is 11.8 Å². The van der Waals surface area contributed by atoms with Crippen molar-refractivity contribution < 1.29 is 38.2 Å². The number of carbonyl (C=O) groups is 6. The van der Waals surface area contributed by atoms with Crippen molar-refractivity contribution in [1.82, 2.24) is 10.6 Å². The lowest BCUT2D eigenvalue weighted by Crippen LogP contribution is -2.45. The van der Waals surface area contributed by atoms with Gasteiger partial charge in [0.1, 0.15) is 13.2 Å². The van der Waals surface area contributed by atoms with Crippen LogP contribution in [0.4, 0.5) is 11.4 Å². The van der Waals surface area contributed by atoms with Gasteiger partial charge in [-0.3, -0.25) is 28.8 Å². The van der Waals surface area contributed by atoms with Crippen molar-refractivity contribution in [3.8, 4) is 0 Å². The Morgan fingerprint density at radius 2 is 0.955 bits per heavy atom. The highest BCUT2D eigenvalue weighted by Gasteiger charge is 2.29. The van der Waals surface area contributed by atoms with Crippen molar-refractivity contribution in [2.75, 3.05) is 23.7 Å². The van der Waals surface area contributed by atoms with Crippen LogP contribution in [0.5, 0.6) is 0 Å². The Kier molecular flexibility index (Phi) is 27.2. The first-order valence-electron chi connectivity index (χ1n) is 23.5. The third-order valence-electron chi connectivity index (χ3n) is 10.7. The maximum absolute atomic E-state index is 13.3. The molecule has 364 valence electrons. The van der Waals surface area contributed by atoms with Gasteiger partial charge in [-0.25, -0.2) is 0 Å². The van der Waals surface area contributed by atoms with Crippen LogP contribution in [0.1, 0.15) is 123 Å². The average Bonchev–Trinajstić information content (AvgIpc) is 3.27. The van der Waals surface area contributed by atoms with E-state index in [9.17, 15) is 28.8 Å². The molecule has 0 unspecified atom stereocenters. The van der Waals surface area contributed by atoms with Gasteiger partial charge in [0, 0.05) is 62.0 Å². The topological polar surface area (TPSA) is 221 Å². The second kappa shape index (κ2) is 31.6. The number of benzene rings is 3. The molecular weight excluding hydrogens is 837 g/mol. The number of hydrogen-bond acceptors (Lipinski definition) is 12. The molecule has 0 fully saturated rings. The number of anilines is 2. The van der Waals surface area contributed by atoms with Crippen molar-refractivity contribution in [1.29, 1.82) is 0 Å². The number of nitrogens with two attached hydrogens (primary N) is 2. The summed E-state index contributed by atoms with van der Waals surface area (Å²) in [4.78, 5) is 74.4. The molecule has 8 N–H and O–H groups in total. The van der Waals surface area contributed by atoms with E-state index in [1.54, 1.807) is 48.5 Å². The van der Waals surface area contributed by atoms with Gasteiger partial charge >= 0.3 is 11.9 Å². The van der Waals surface area contributed by atoms with Gasteiger partial charge in [0.05, 0.1) is 12.1 Å². The number of esters is 2. The van der Waals surface area contributed by atoms with E-state index in [0.29, 0.717) is 43.7 Å². The minimum atomic E-state index is -0.443. The molecule has 14 heteroatoms. The van der Waals surface area contributed by atoms with Crippen LogP contribution in [0.2, 0.25) is 0 Å². The van der Waals surface area contributed by atoms with E-state index in [-0.39, 0.29) is 91.5 Å². The predicted molar refractivity (Wildman–Crippen MR) is 262 cm³/mol. The Hall–Kier alpha value is -5.28. The molecule has 4 atom stereocenters. The normalized spacial score (nSPS) is 12.9. The number of unbranched alkanes of at least 4 members (excludes halogenated alkanes) is 2. The van der Waals surface area contributed by atoms with Crippen LogP contribution in [0.3, 0.4) is 0 Å². The molecule has 3 rings (SSSR count). The molecule has 0 spiro atoms. The van der Waals surface area contributed by atoms with Crippen LogP contribution in [0.15, 0.2) is 78.9 Å². The Bertz CT molecular complexity index is 1900. The summed E-state index contributed by atoms with van der Waals surface area (Å²) in [5.41, 5.74) is 15.3. The number of hydrogen-bond donors (Lipinski definition) is 6. The molecule has 0 radical (unpaired) electrons. The average molecular weight is 915 g/mol. The third kappa shape index (κ3) is 23.8. The first-order chi connectivity index (χ1) is 31.4. The van der Waals surface area contributed by atoms with Gasteiger partial charge in [-0.2, -0.15) is 0 Å². The van der Waals surface area contributed by atoms with E-state index < -0.39 is 11.8 Å². The number of Topliss-reactive ketones (excluding diaryl/α,β-unsaturated/α-hetero) is 2. The number of carbonyl (C=O) groups excluding carboxylic acids is 6. The Morgan fingerprint density at radius 1 is 0.530 bits per heavy atom. The molecule has 0 aliphatic heterocycles. The molecule has 3 aromatic rings. The van der Waals surface area contributed by atoms with Gasteiger partial charge in [-0.05, 0) is 92.1 Å². The minimum absolute atomic E-state index is 0.0344. The van der Waals surface area contributed by atoms with Crippen molar-refractivity contribution in [3.05, 3.63) is 95.6 Å². The third-order valence-corrected chi connectivity index (χ3v) is 10.7. The SMILES string of the molecule is CC(=O)OCc1ccc(NC(=O)[C@H](CCCCN)CC(=O)[C@@H](NC(C)C)C(C)C)cc1.CC(=O)OCc1ccc(NC(=O)[C@H](CCCCN)CC(=O)[C@H](Cc2ccccc2)NC(C)C)cc1. The van der Waals surface area contributed by atoms with Crippen molar-refractivity contribution in [2.45, 2.75) is 151 Å². The van der Waals surface area contributed by atoms with Crippen molar-refractivity contribution >= 4 is 46.7 Å². The molecule has 66 heavy (non-hydrogen) atoms. The predicted octanol–water partition coefficient (Wildman–Crippen LogP) is 7.42. The fourth-order valence-electron chi connectivity index (χ4n) is 7.24. The lowest BCUT2D eigenvalue weighted by molar-refractivity contribution is -0.143. The summed E-state index contributed by atoms with van der Waals surface area (Å²) in [5.74, 6) is -1.62. The number of rotatable bonds is 29. The molecule has 0 aromatic heterocycles. The molecule has 0 bridgehead atoms. The van der Waals surface area contributed by atoms with Crippen LogP contribution < -0.4 is 32.7 Å². The van der Waals surface area contributed by atoms with Gasteiger partial charge in [-0.15, -0.1) is 0 Å². The van der Waals surface area contributed by atoms with Crippen LogP contribution in [0.25, 0.3) is 0 Å². The number of nitrogens with one attached hydrogen (secondary N) is 4. The maximum atomic E-state index is 13.3. The summed E-state index contributed by atoms with van der Waals surface area (Å²) in [6.45, 7) is 16.3. The maximum Gasteiger partial charge on any atom is 0.302 e. The summed E-state index contributed by atoms with van der Waals surface area (Å²) in [6, 6.07) is 23.9. The standard InChI is InChI=1S/C28H39N3O4.C24H39N3O4/c1-20(2)30-26(17-22-9-5-4-6-10-22)27(33)18-24(11-7-8-16-29)28(34)31-25-14-12-23(13-15-25)19-35-21(3)32;1-16(2)23(26-17(3)4)22(29)14-20(8-6-7-13-25)24(30)27-21-11-9-19(10-12-21)15-31-18(5)28/h4-6,9-10,12-15,20,24,26,30H,7-8,11,16-19,29H2,1-3H3,(H,31,34);9-12,16-17,20,23,26H,6-8,13-15,25H2,1-5H3,(H,27,30)/t24-,26+;20-,23+/m11/s1. The molecule has 2 amide bonds. The molecule has 14 nitrogen and oxygen atoms in total. The first-order valence-corrected chi connectivity index (χ1v) is 23.5. The van der Waals surface area contributed by atoms with Gasteiger partial charge < -0.3 is 42.2 Å². The molecule has 3 aromatic carbocycles. The fourth-order valence-corrected chi connectivity index (χ4v) is 7.24. The van der Waals surface area contributed by atoms with E-state index >= 15 is 0 Å². The van der Waals surface area contributed by atoms with Crippen LogP contribution >= 0.6 is 0 Å². The number of ketones is 2. The Labute approximate surface area is 393 Å². The van der Waals surface area contributed by atoms with Gasteiger partial charge in [0.15, 0.2) is 11.6 Å². The summed E-state index contributed by atoms with van der Waals surface area (Å²) in [7, 11) is 0. The summed E-state index contributed by atoms with van der Waals surface area (Å²) in [6.07, 6.45) is 5.36. The second-order valence-electron chi connectivity index (χ2n) is 17.8. The Balaban J connectivity index is 0.000000457. The summed E-state index contributed by atoms with van der Waals surface area (Å²) in [5, 5.41) is 12.6. The number of ether oxygens (including phenoxy) is 2. The quantitative estimate of drug-likeness (QED) is 0.0296. The largest absolute Gasteiger partial charge is 0.461 e. The van der Waals surface area contributed by atoms with Crippen LogP contribution in [0, 0.1) is 17.8 Å². The molecule has 0 heterocycles. The van der Waals surface area contributed by atoms with Crippen molar-refractivity contribution in [2.24, 2.45) is 29.2 Å². The highest BCUT2D eigenvalue weighted by atomic mass is 16.5. The van der Waals surface area contributed by atoms with E-state index in [0.717, 1.165) is 42.4 Å². The lowest BCUT2D eigenvalue weighted by Gasteiger charge is -2.25. The summed E-state index contributed by atoms with van der Waals surface area (Å²) >= 11 is 0. The van der Waals surface area contributed by atoms with E-state index in [2.05, 4.69) is 21.3 Å². The molecule has 0 saturated heterocycles. The second-order valence-corrected chi connectivity index (χ2v) is 17.8. The minimum Gasteiger partial charge on any atom is -0.461 e. The lowest BCUT2D eigenvalue weighted by atomic mass is 9.89. The monoisotopic (exact) mass is 915 g/mol. The van der Waals surface area contributed by atoms with Gasteiger partial charge in [0.25, 0.3) is 0 Å². The molecular formula is C52H78N6O8. The van der Waals surface area contributed by atoms with Crippen molar-refractivity contribution in [3.63, 3.8) is 0 Å². The smallest absolute Gasteiger partial charge is 0.302 e. The van der Waals surface area contributed by atoms with Crippen LogP contribution in [-0.2, 0) is 57.9 Å². The first kappa shape index (κ1) is 56.8. The van der Waals surface area contributed by atoms with Gasteiger partial charge in [-0.1, -0.05) is 109 Å². The molecule has 0 aliphatic rings. The summed E-state index contributed by atoms with van der Waals surface area (Å²) < 4.78 is 9.97. The Morgan fingerprint density at radius 3 is 1.33 bits per heavy atom. The van der Waals surface area contributed by atoms with E-state index in [4.69, 9.17) is 20.9 Å². The zero-order chi connectivity index (χ0) is 49.0. The number of amides is 2.